The van der Waals surface area contributed by atoms with Crippen LogP contribution in [0, 0.1) is 0 Å². The zero-order chi connectivity index (χ0) is 21.2. The fraction of sp³-hybridized carbons (Fsp3) is 0.167. The van der Waals surface area contributed by atoms with E-state index >= 15 is 0 Å². The van der Waals surface area contributed by atoms with Gasteiger partial charge in [0.2, 0.25) is 0 Å². The summed E-state index contributed by atoms with van der Waals surface area (Å²) in [5, 5.41) is 2.64. The van der Waals surface area contributed by atoms with Crippen LogP contribution in [0.3, 0.4) is 0 Å². The number of hydrogen-bond donors (Lipinski definition) is 2. The number of rotatable bonds is 9. The average molecular weight is 404 g/mol. The lowest BCUT2D eigenvalue weighted by atomic mass is 10.0. The van der Waals surface area contributed by atoms with E-state index in [-0.39, 0.29) is 25.1 Å². The predicted octanol–water partition coefficient (Wildman–Crippen LogP) is 3.16. The molecule has 0 aliphatic heterocycles. The number of hydrogen-bond acceptors (Lipinski definition) is 5. The van der Waals surface area contributed by atoms with Crippen LogP contribution in [-0.2, 0) is 16.1 Å². The van der Waals surface area contributed by atoms with Crippen LogP contribution in [0.1, 0.15) is 15.9 Å². The van der Waals surface area contributed by atoms with E-state index in [2.05, 4.69) is 5.32 Å². The number of benzene rings is 3. The Bertz CT molecular complexity index is 972. The molecule has 0 unspecified atom stereocenters. The van der Waals surface area contributed by atoms with E-state index in [1.54, 1.807) is 24.3 Å². The molecule has 0 heterocycles. The van der Waals surface area contributed by atoms with Gasteiger partial charge in [0.25, 0.3) is 5.91 Å². The first-order valence-electron chi connectivity index (χ1n) is 9.67. The standard InChI is InChI=1S/C24H24N2O4/c25-13-14-26-23(27)17-29-22-11-9-19(10-12-22)20-7-4-8-21(15-20)24(28)30-16-18-5-2-1-3-6-18/h1-12,15H,13-14,16-17,25H2,(H,26,27). The number of esters is 1. The van der Waals surface area contributed by atoms with Crippen LogP contribution in [0.5, 0.6) is 5.75 Å². The lowest BCUT2D eigenvalue weighted by Crippen LogP contribution is -2.32. The molecule has 0 saturated carbocycles. The molecule has 0 fully saturated rings. The molecule has 0 aliphatic rings. The third-order valence-electron chi connectivity index (χ3n) is 4.34. The van der Waals surface area contributed by atoms with Crippen molar-refractivity contribution in [2.45, 2.75) is 6.61 Å². The molecular weight excluding hydrogens is 380 g/mol. The first-order chi connectivity index (χ1) is 14.7. The maximum atomic E-state index is 12.4. The van der Waals surface area contributed by atoms with Crippen molar-refractivity contribution in [3.05, 3.63) is 90.0 Å². The second kappa shape index (κ2) is 10.8. The lowest BCUT2D eigenvalue weighted by Gasteiger charge is -2.09. The molecule has 1 amide bonds. The Morgan fingerprint density at radius 2 is 1.63 bits per heavy atom. The van der Waals surface area contributed by atoms with Gasteiger partial charge in [0.15, 0.2) is 6.61 Å². The summed E-state index contributed by atoms with van der Waals surface area (Å²) < 4.78 is 10.9. The number of ether oxygens (including phenoxy) is 2. The minimum atomic E-state index is -0.371. The molecule has 0 aliphatic carbocycles. The summed E-state index contributed by atoms with van der Waals surface area (Å²) in [5.74, 6) is -0.00420. The molecule has 3 aromatic rings. The van der Waals surface area contributed by atoms with Gasteiger partial charge in [0.1, 0.15) is 12.4 Å². The van der Waals surface area contributed by atoms with Gasteiger partial charge in [-0.2, -0.15) is 0 Å². The van der Waals surface area contributed by atoms with Crippen molar-refractivity contribution in [2.24, 2.45) is 5.73 Å². The third kappa shape index (κ3) is 6.18. The van der Waals surface area contributed by atoms with E-state index in [4.69, 9.17) is 15.2 Å². The van der Waals surface area contributed by atoms with E-state index in [0.29, 0.717) is 24.4 Å². The molecule has 154 valence electrons. The molecule has 0 saturated heterocycles. The van der Waals surface area contributed by atoms with Crippen LogP contribution in [0.25, 0.3) is 11.1 Å². The monoisotopic (exact) mass is 404 g/mol. The second-order valence-electron chi connectivity index (χ2n) is 6.59. The summed E-state index contributed by atoms with van der Waals surface area (Å²) in [5.41, 5.74) is 8.58. The van der Waals surface area contributed by atoms with Crippen molar-refractivity contribution in [3.8, 4) is 16.9 Å². The molecule has 0 aromatic heterocycles. The Balaban J connectivity index is 1.59. The van der Waals surface area contributed by atoms with E-state index < -0.39 is 0 Å². The van der Waals surface area contributed by atoms with Gasteiger partial charge >= 0.3 is 5.97 Å². The molecule has 30 heavy (non-hydrogen) atoms. The summed E-state index contributed by atoms with van der Waals surface area (Å²) in [4.78, 5) is 24.0. The van der Waals surface area contributed by atoms with Gasteiger partial charge in [-0.15, -0.1) is 0 Å². The maximum Gasteiger partial charge on any atom is 0.338 e. The quantitative estimate of drug-likeness (QED) is 0.535. The lowest BCUT2D eigenvalue weighted by molar-refractivity contribution is -0.123. The molecule has 0 spiro atoms. The highest BCUT2D eigenvalue weighted by atomic mass is 16.5. The molecular formula is C24H24N2O4. The van der Waals surface area contributed by atoms with Gasteiger partial charge in [0.05, 0.1) is 5.56 Å². The van der Waals surface area contributed by atoms with Crippen LogP contribution >= 0.6 is 0 Å². The van der Waals surface area contributed by atoms with Crippen LogP contribution in [0.4, 0.5) is 0 Å². The van der Waals surface area contributed by atoms with Crippen molar-refractivity contribution < 1.29 is 19.1 Å². The summed E-state index contributed by atoms with van der Waals surface area (Å²) in [6.45, 7) is 0.974. The van der Waals surface area contributed by atoms with Gasteiger partial charge in [-0.25, -0.2) is 4.79 Å². The Morgan fingerprint density at radius 3 is 2.37 bits per heavy atom. The van der Waals surface area contributed by atoms with Crippen LogP contribution in [0.15, 0.2) is 78.9 Å². The molecule has 0 atom stereocenters. The zero-order valence-corrected chi connectivity index (χ0v) is 16.5. The molecule has 3 rings (SSSR count). The maximum absolute atomic E-state index is 12.4. The highest BCUT2D eigenvalue weighted by Gasteiger charge is 2.09. The number of amides is 1. The molecule has 0 radical (unpaired) electrons. The zero-order valence-electron chi connectivity index (χ0n) is 16.5. The van der Waals surface area contributed by atoms with Gasteiger partial charge < -0.3 is 20.5 Å². The number of carbonyl (C=O) groups is 2. The third-order valence-corrected chi connectivity index (χ3v) is 4.34. The topological polar surface area (TPSA) is 90.6 Å². The Hall–Kier alpha value is -3.64. The van der Waals surface area contributed by atoms with E-state index in [0.717, 1.165) is 16.7 Å². The largest absolute Gasteiger partial charge is 0.484 e. The molecule has 6 heteroatoms. The SMILES string of the molecule is NCCNC(=O)COc1ccc(-c2cccc(C(=O)OCc3ccccc3)c2)cc1. The van der Waals surface area contributed by atoms with Crippen molar-refractivity contribution in [1.29, 1.82) is 0 Å². The fourth-order valence-electron chi connectivity index (χ4n) is 2.79. The molecule has 6 nitrogen and oxygen atoms in total. The van der Waals surface area contributed by atoms with E-state index in [9.17, 15) is 9.59 Å². The molecule has 3 N–H and O–H groups in total. The van der Waals surface area contributed by atoms with Crippen LogP contribution in [-0.4, -0.2) is 31.6 Å². The minimum absolute atomic E-state index is 0.0674. The van der Waals surface area contributed by atoms with Crippen LogP contribution < -0.4 is 15.8 Å². The van der Waals surface area contributed by atoms with Gasteiger partial charge in [-0.3, -0.25) is 4.79 Å². The number of nitrogens with two attached hydrogens (primary N) is 1. The Morgan fingerprint density at radius 1 is 0.867 bits per heavy atom. The highest BCUT2D eigenvalue weighted by molar-refractivity contribution is 5.91. The summed E-state index contributed by atoms with van der Waals surface area (Å²) in [7, 11) is 0. The predicted molar refractivity (Wildman–Crippen MR) is 115 cm³/mol. The highest BCUT2D eigenvalue weighted by Crippen LogP contribution is 2.24. The van der Waals surface area contributed by atoms with Crippen molar-refractivity contribution in [2.75, 3.05) is 19.7 Å². The Kier molecular flexibility index (Phi) is 7.58. The van der Waals surface area contributed by atoms with E-state index in [1.165, 1.54) is 0 Å². The van der Waals surface area contributed by atoms with Crippen molar-refractivity contribution in [1.82, 2.24) is 5.32 Å². The normalized spacial score (nSPS) is 10.3. The van der Waals surface area contributed by atoms with Crippen LogP contribution in [0.2, 0.25) is 0 Å². The first-order valence-corrected chi connectivity index (χ1v) is 9.67. The molecule has 0 bridgehead atoms. The van der Waals surface area contributed by atoms with Gasteiger partial charge in [0, 0.05) is 13.1 Å². The van der Waals surface area contributed by atoms with Gasteiger partial charge in [-0.1, -0.05) is 54.6 Å². The smallest absolute Gasteiger partial charge is 0.338 e. The fourth-order valence-corrected chi connectivity index (χ4v) is 2.79. The summed E-state index contributed by atoms with van der Waals surface area (Å²) in [6.07, 6.45) is 0. The Labute approximate surface area is 175 Å². The summed E-state index contributed by atoms with van der Waals surface area (Å²) in [6, 6.07) is 24.1. The molecule has 3 aromatic carbocycles. The second-order valence-corrected chi connectivity index (χ2v) is 6.59. The number of nitrogens with one attached hydrogen (secondary N) is 1. The van der Waals surface area contributed by atoms with Crippen molar-refractivity contribution >= 4 is 11.9 Å². The average Bonchev–Trinajstić information content (AvgIpc) is 2.81. The number of carbonyl (C=O) groups excluding carboxylic acids is 2. The van der Waals surface area contributed by atoms with Crippen molar-refractivity contribution in [3.63, 3.8) is 0 Å². The first kappa shape index (κ1) is 21.1. The van der Waals surface area contributed by atoms with Gasteiger partial charge in [-0.05, 0) is 41.0 Å². The minimum Gasteiger partial charge on any atom is -0.484 e. The van der Waals surface area contributed by atoms with E-state index in [1.807, 2.05) is 54.6 Å². The summed E-state index contributed by atoms with van der Waals surface area (Å²) >= 11 is 0.